The van der Waals surface area contributed by atoms with Crippen molar-refractivity contribution in [1.29, 1.82) is 0 Å². The van der Waals surface area contributed by atoms with Crippen LogP contribution in [0.1, 0.15) is 22.9 Å². The second kappa shape index (κ2) is 5.10. The fourth-order valence-corrected chi connectivity index (χ4v) is 1.72. The molecule has 18 heavy (non-hydrogen) atoms. The number of hydrogen-bond donors (Lipinski definition) is 1. The van der Waals surface area contributed by atoms with Gasteiger partial charge in [-0.05, 0) is 36.2 Å². The molecular weight excluding hydrogens is 233 g/mol. The zero-order chi connectivity index (χ0) is 13.1. The van der Waals surface area contributed by atoms with Crippen molar-refractivity contribution in [2.45, 2.75) is 13.0 Å². The number of hydrogen-bond acceptors (Lipinski definition) is 4. The number of aromatic nitrogens is 2. The van der Waals surface area contributed by atoms with Crippen molar-refractivity contribution in [3.8, 4) is 5.88 Å². The highest BCUT2D eigenvalue weighted by Gasteiger charge is 2.12. The molecule has 2 rings (SSSR count). The van der Waals surface area contributed by atoms with Gasteiger partial charge >= 0.3 is 0 Å². The summed E-state index contributed by atoms with van der Waals surface area (Å²) in [7, 11) is 1.51. The molecule has 94 valence electrons. The van der Waals surface area contributed by atoms with E-state index in [1.54, 1.807) is 12.1 Å². The van der Waals surface area contributed by atoms with Crippen LogP contribution >= 0.6 is 0 Å². The summed E-state index contributed by atoms with van der Waals surface area (Å²) in [5, 5.41) is 7.81. The molecule has 1 aromatic heterocycles. The summed E-state index contributed by atoms with van der Waals surface area (Å²) in [6.45, 7) is 1.82. The minimum absolute atomic E-state index is 0.304. The molecule has 0 aliphatic carbocycles. The number of ether oxygens (including phenoxy) is 1. The molecule has 0 saturated carbocycles. The van der Waals surface area contributed by atoms with Crippen molar-refractivity contribution in [1.82, 2.24) is 10.2 Å². The summed E-state index contributed by atoms with van der Waals surface area (Å²) in [5.74, 6) is 0.114. The molecule has 0 aliphatic rings. The van der Waals surface area contributed by atoms with Crippen LogP contribution in [0.3, 0.4) is 0 Å². The van der Waals surface area contributed by atoms with Gasteiger partial charge in [-0.25, -0.2) is 4.39 Å². The van der Waals surface area contributed by atoms with Crippen LogP contribution < -0.4 is 10.5 Å². The van der Waals surface area contributed by atoms with Gasteiger partial charge in [-0.3, -0.25) is 0 Å². The maximum absolute atomic E-state index is 13.3. The Bertz CT molecular complexity index is 522. The second-order valence-electron chi connectivity index (χ2n) is 4.04. The summed E-state index contributed by atoms with van der Waals surface area (Å²) in [6, 6.07) is 7.59. The van der Waals surface area contributed by atoms with Crippen LogP contribution in [-0.4, -0.2) is 17.3 Å². The summed E-state index contributed by atoms with van der Waals surface area (Å²) in [4.78, 5) is 0. The van der Waals surface area contributed by atoms with E-state index in [1.807, 2.05) is 13.0 Å². The average molecular weight is 247 g/mol. The lowest BCUT2D eigenvalue weighted by Crippen LogP contribution is -2.14. The molecule has 1 heterocycles. The number of halogens is 1. The lowest BCUT2D eigenvalue weighted by atomic mass is 10.0. The van der Waals surface area contributed by atoms with Gasteiger partial charge in [0.25, 0.3) is 0 Å². The number of nitrogens with two attached hydrogens (primary N) is 1. The Labute approximate surface area is 105 Å². The summed E-state index contributed by atoms with van der Waals surface area (Å²) >= 11 is 0. The highest BCUT2D eigenvalue weighted by molar-refractivity contribution is 5.31. The number of aryl methyl sites for hydroxylation is 1. The highest BCUT2D eigenvalue weighted by atomic mass is 19.1. The molecule has 0 spiro atoms. The minimum Gasteiger partial charge on any atom is -0.480 e. The maximum atomic E-state index is 13.3. The van der Waals surface area contributed by atoms with E-state index in [0.29, 0.717) is 17.1 Å². The molecule has 1 aromatic carbocycles. The molecule has 2 N–H and O–H groups in total. The molecular formula is C13H14FN3O. The van der Waals surface area contributed by atoms with E-state index in [-0.39, 0.29) is 5.82 Å². The normalized spacial score (nSPS) is 12.2. The van der Waals surface area contributed by atoms with Gasteiger partial charge in [0, 0.05) is 6.07 Å². The lowest BCUT2D eigenvalue weighted by molar-refractivity contribution is 0.390. The second-order valence-corrected chi connectivity index (χ2v) is 4.04. The van der Waals surface area contributed by atoms with Crippen LogP contribution in [-0.2, 0) is 0 Å². The van der Waals surface area contributed by atoms with Crippen molar-refractivity contribution < 1.29 is 9.13 Å². The van der Waals surface area contributed by atoms with Gasteiger partial charge in [0.15, 0.2) is 0 Å². The number of benzene rings is 1. The van der Waals surface area contributed by atoms with Gasteiger partial charge in [0.1, 0.15) is 5.82 Å². The zero-order valence-corrected chi connectivity index (χ0v) is 10.2. The van der Waals surface area contributed by atoms with Crippen molar-refractivity contribution >= 4 is 0 Å². The van der Waals surface area contributed by atoms with Gasteiger partial charge in [-0.15, -0.1) is 10.2 Å². The quantitative estimate of drug-likeness (QED) is 0.900. The lowest BCUT2D eigenvalue weighted by Gasteiger charge is -2.12. The molecule has 0 bridgehead atoms. The van der Waals surface area contributed by atoms with Crippen molar-refractivity contribution in [3.05, 3.63) is 53.0 Å². The van der Waals surface area contributed by atoms with E-state index in [1.165, 1.54) is 19.2 Å². The largest absolute Gasteiger partial charge is 0.480 e. The Balaban J connectivity index is 2.31. The summed E-state index contributed by atoms with van der Waals surface area (Å²) < 4.78 is 18.2. The molecule has 0 saturated heterocycles. The molecule has 5 heteroatoms. The molecule has 4 nitrogen and oxygen atoms in total. The first-order valence-corrected chi connectivity index (χ1v) is 5.50. The first kappa shape index (κ1) is 12.4. The average Bonchev–Trinajstić information content (AvgIpc) is 2.37. The van der Waals surface area contributed by atoms with Crippen LogP contribution in [0, 0.1) is 12.7 Å². The first-order chi connectivity index (χ1) is 8.60. The van der Waals surface area contributed by atoms with E-state index >= 15 is 0 Å². The van der Waals surface area contributed by atoms with Crippen LogP contribution in [0.25, 0.3) is 0 Å². The van der Waals surface area contributed by atoms with E-state index in [4.69, 9.17) is 10.5 Å². The number of methoxy groups -OCH3 is 1. The predicted molar refractivity (Wildman–Crippen MR) is 65.8 cm³/mol. The Kier molecular flexibility index (Phi) is 3.53. The van der Waals surface area contributed by atoms with Gasteiger partial charge in [0.2, 0.25) is 5.88 Å². The Hall–Kier alpha value is -2.01. The molecule has 0 aliphatic heterocycles. The number of nitrogens with zero attached hydrogens (tertiary/aromatic N) is 2. The zero-order valence-electron chi connectivity index (χ0n) is 10.2. The smallest absolute Gasteiger partial charge is 0.233 e. The summed E-state index contributed by atoms with van der Waals surface area (Å²) in [6.07, 6.45) is 0. The highest BCUT2D eigenvalue weighted by Crippen LogP contribution is 2.20. The van der Waals surface area contributed by atoms with Crippen LogP contribution in [0.15, 0.2) is 30.3 Å². The Morgan fingerprint density at radius 1 is 1.22 bits per heavy atom. The first-order valence-electron chi connectivity index (χ1n) is 5.50. The molecule has 2 aromatic rings. The van der Waals surface area contributed by atoms with Gasteiger partial charge < -0.3 is 10.5 Å². The molecule has 0 amide bonds. The topological polar surface area (TPSA) is 61.0 Å². The van der Waals surface area contributed by atoms with E-state index < -0.39 is 6.04 Å². The molecule has 1 atom stereocenters. The van der Waals surface area contributed by atoms with E-state index in [0.717, 1.165) is 5.56 Å². The molecule has 0 radical (unpaired) electrons. The Morgan fingerprint density at radius 3 is 2.56 bits per heavy atom. The van der Waals surface area contributed by atoms with Gasteiger partial charge in [0.05, 0.1) is 18.8 Å². The predicted octanol–water partition coefficient (Wildman–Crippen LogP) is 1.98. The fourth-order valence-electron chi connectivity index (χ4n) is 1.72. The molecule has 1 unspecified atom stereocenters. The monoisotopic (exact) mass is 247 g/mol. The summed E-state index contributed by atoms with van der Waals surface area (Å²) in [5.41, 5.74) is 8.10. The molecule has 0 fully saturated rings. The van der Waals surface area contributed by atoms with Crippen LogP contribution in [0.2, 0.25) is 0 Å². The fraction of sp³-hybridized carbons (Fsp3) is 0.231. The van der Waals surface area contributed by atoms with Crippen molar-refractivity contribution in [2.75, 3.05) is 7.11 Å². The van der Waals surface area contributed by atoms with Crippen molar-refractivity contribution in [2.24, 2.45) is 5.73 Å². The van der Waals surface area contributed by atoms with Crippen LogP contribution in [0.4, 0.5) is 4.39 Å². The standard InChI is InChI=1S/C13H14FN3O/c1-8-5-9(7-10(14)6-8)13(15)11-3-4-12(18-2)17-16-11/h3-7,13H,15H2,1-2H3. The Morgan fingerprint density at radius 2 is 2.00 bits per heavy atom. The third-order valence-electron chi connectivity index (χ3n) is 2.61. The third-order valence-corrected chi connectivity index (χ3v) is 2.61. The minimum atomic E-state index is -0.502. The number of rotatable bonds is 3. The van der Waals surface area contributed by atoms with Crippen molar-refractivity contribution in [3.63, 3.8) is 0 Å². The van der Waals surface area contributed by atoms with E-state index in [9.17, 15) is 4.39 Å². The van der Waals surface area contributed by atoms with Gasteiger partial charge in [-0.2, -0.15) is 0 Å². The third kappa shape index (κ3) is 2.62. The van der Waals surface area contributed by atoms with Gasteiger partial charge in [-0.1, -0.05) is 6.07 Å². The van der Waals surface area contributed by atoms with Crippen LogP contribution in [0.5, 0.6) is 5.88 Å². The SMILES string of the molecule is COc1ccc(C(N)c2cc(C)cc(F)c2)nn1. The van der Waals surface area contributed by atoms with E-state index in [2.05, 4.69) is 10.2 Å². The maximum Gasteiger partial charge on any atom is 0.233 e.